The average molecular weight is 281 g/mol. The van der Waals surface area contributed by atoms with Crippen molar-refractivity contribution in [3.63, 3.8) is 0 Å². The van der Waals surface area contributed by atoms with Crippen molar-refractivity contribution in [2.24, 2.45) is 5.92 Å². The molecule has 1 fully saturated rings. The summed E-state index contributed by atoms with van der Waals surface area (Å²) in [6.45, 7) is 2.15. The molecular weight excluding hydrogens is 258 g/mol. The van der Waals surface area contributed by atoms with E-state index in [1.807, 2.05) is 12.1 Å². The molecule has 0 unspecified atom stereocenters. The van der Waals surface area contributed by atoms with Crippen LogP contribution in [0.3, 0.4) is 0 Å². The first-order valence-electron chi connectivity index (χ1n) is 7.68. The second-order valence-corrected chi connectivity index (χ2v) is 6.11. The number of hydrogen-bond acceptors (Lipinski definition) is 2. The van der Waals surface area contributed by atoms with Crippen LogP contribution in [0.4, 0.5) is 0 Å². The molecule has 0 spiro atoms. The topological polar surface area (TPSA) is 23.5 Å². The van der Waals surface area contributed by atoms with Crippen LogP contribution in [-0.2, 0) is 0 Å². The number of hydrogen-bond donors (Lipinski definition) is 1. The molecule has 21 heavy (non-hydrogen) atoms. The smallest absolute Gasteiger partial charge is 0.0602 e. The van der Waals surface area contributed by atoms with E-state index in [4.69, 9.17) is 0 Å². The lowest BCUT2D eigenvalue weighted by Crippen LogP contribution is -2.44. The number of benzene rings is 2. The summed E-state index contributed by atoms with van der Waals surface area (Å²) in [5, 5.41) is 10.5. The summed E-state index contributed by atoms with van der Waals surface area (Å²) in [6, 6.07) is 21.6. The summed E-state index contributed by atoms with van der Waals surface area (Å²) in [4.78, 5) is 2.42. The summed E-state index contributed by atoms with van der Waals surface area (Å²) >= 11 is 0. The van der Waals surface area contributed by atoms with Gasteiger partial charge in [0.05, 0.1) is 6.10 Å². The normalized spacial score (nSPS) is 30.2. The number of likely N-dealkylation sites (tertiary alicyclic amines) is 1. The Morgan fingerprint density at radius 1 is 0.905 bits per heavy atom. The second kappa shape index (κ2) is 6.00. The van der Waals surface area contributed by atoms with Crippen LogP contribution >= 0.6 is 0 Å². The van der Waals surface area contributed by atoms with Crippen molar-refractivity contribution < 1.29 is 5.11 Å². The van der Waals surface area contributed by atoms with Gasteiger partial charge in [0.25, 0.3) is 0 Å². The van der Waals surface area contributed by atoms with Gasteiger partial charge in [-0.2, -0.15) is 0 Å². The van der Waals surface area contributed by atoms with Crippen LogP contribution in [0.2, 0.25) is 0 Å². The fourth-order valence-electron chi connectivity index (χ4n) is 3.62. The number of rotatable bonds is 2. The molecular formula is C19H23NO. The molecule has 1 heterocycles. The molecule has 1 saturated heterocycles. The van der Waals surface area contributed by atoms with Crippen molar-refractivity contribution in [1.82, 2.24) is 4.90 Å². The Labute approximate surface area is 127 Å². The van der Waals surface area contributed by atoms with Crippen LogP contribution in [-0.4, -0.2) is 23.2 Å². The van der Waals surface area contributed by atoms with Crippen LogP contribution < -0.4 is 0 Å². The molecule has 0 radical (unpaired) electrons. The molecule has 0 saturated carbocycles. The van der Waals surface area contributed by atoms with Gasteiger partial charge in [0, 0.05) is 18.0 Å². The molecule has 4 atom stereocenters. The predicted octanol–water partition coefficient (Wildman–Crippen LogP) is 3.80. The van der Waals surface area contributed by atoms with E-state index in [2.05, 4.69) is 67.4 Å². The fourth-order valence-corrected chi connectivity index (χ4v) is 3.62. The molecule has 0 aliphatic carbocycles. The van der Waals surface area contributed by atoms with Gasteiger partial charge in [-0.3, -0.25) is 4.90 Å². The SMILES string of the molecule is C[C@H]1[C@H](O)C[C@@H](c2ccccc2)N(C)[C@@H]1c1ccccc1. The van der Waals surface area contributed by atoms with E-state index in [9.17, 15) is 5.11 Å². The van der Waals surface area contributed by atoms with Crippen LogP contribution in [0.15, 0.2) is 60.7 Å². The van der Waals surface area contributed by atoms with Gasteiger partial charge in [0.2, 0.25) is 0 Å². The minimum Gasteiger partial charge on any atom is -0.393 e. The van der Waals surface area contributed by atoms with E-state index in [0.29, 0.717) is 0 Å². The standard InChI is InChI=1S/C19H23NO/c1-14-18(21)13-17(15-9-5-3-6-10-15)20(2)19(14)16-11-7-4-8-12-16/h3-12,14,17-19,21H,13H2,1-2H3/t14-,17-,18+,19-/m0/s1. The minimum absolute atomic E-state index is 0.234. The molecule has 2 aromatic carbocycles. The van der Waals surface area contributed by atoms with E-state index < -0.39 is 0 Å². The number of piperidine rings is 1. The van der Waals surface area contributed by atoms with E-state index in [-0.39, 0.29) is 24.1 Å². The van der Waals surface area contributed by atoms with Gasteiger partial charge < -0.3 is 5.11 Å². The highest BCUT2D eigenvalue weighted by Gasteiger charge is 2.39. The second-order valence-electron chi connectivity index (χ2n) is 6.11. The lowest BCUT2D eigenvalue weighted by Gasteiger charge is -2.46. The summed E-state index contributed by atoms with van der Waals surface area (Å²) in [5.41, 5.74) is 2.57. The van der Waals surface area contributed by atoms with Crippen LogP contribution in [0.5, 0.6) is 0 Å². The minimum atomic E-state index is -0.267. The Kier molecular flexibility index (Phi) is 4.09. The number of aliphatic hydroxyl groups excluding tert-OH is 1. The molecule has 110 valence electrons. The zero-order chi connectivity index (χ0) is 14.8. The van der Waals surface area contributed by atoms with E-state index in [1.165, 1.54) is 11.1 Å². The molecule has 2 aromatic rings. The first kappa shape index (κ1) is 14.3. The van der Waals surface area contributed by atoms with Gasteiger partial charge in [-0.25, -0.2) is 0 Å². The molecule has 1 N–H and O–H groups in total. The average Bonchev–Trinajstić information content (AvgIpc) is 2.53. The zero-order valence-electron chi connectivity index (χ0n) is 12.7. The van der Waals surface area contributed by atoms with Crippen molar-refractivity contribution in [3.05, 3.63) is 71.8 Å². The van der Waals surface area contributed by atoms with Crippen molar-refractivity contribution in [1.29, 1.82) is 0 Å². The van der Waals surface area contributed by atoms with E-state index in [1.54, 1.807) is 0 Å². The molecule has 2 nitrogen and oxygen atoms in total. The number of nitrogens with zero attached hydrogens (tertiary/aromatic N) is 1. The summed E-state index contributed by atoms with van der Waals surface area (Å²) < 4.78 is 0. The summed E-state index contributed by atoms with van der Waals surface area (Å²) in [5.74, 6) is 0.234. The van der Waals surface area contributed by atoms with Crippen LogP contribution in [0.1, 0.15) is 36.6 Å². The maximum absolute atomic E-state index is 10.5. The maximum Gasteiger partial charge on any atom is 0.0602 e. The highest BCUT2D eigenvalue weighted by Crippen LogP contribution is 2.43. The van der Waals surface area contributed by atoms with Gasteiger partial charge in [-0.1, -0.05) is 67.6 Å². The zero-order valence-corrected chi connectivity index (χ0v) is 12.7. The lowest BCUT2D eigenvalue weighted by atomic mass is 9.79. The van der Waals surface area contributed by atoms with Crippen LogP contribution in [0.25, 0.3) is 0 Å². The Hall–Kier alpha value is -1.64. The third-order valence-electron chi connectivity index (χ3n) is 4.83. The summed E-state index contributed by atoms with van der Waals surface area (Å²) in [6.07, 6.45) is 0.530. The number of aliphatic hydroxyl groups is 1. The van der Waals surface area contributed by atoms with E-state index >= 15 is 0 Å². The van der Waals surface area contributed by atoms with Crippen LogP contribution in [0, 0.1) is 5.92 Å². The highest BCUT2D eigenvalue weighted by molar-refractivity contribution is 5.25. The monoisotopic (exact) mass is 281 g/mol. The van der Waals surface area contributed by atoms with Gasteiger partial charge in [0.1, 0.15) is 0 Å². The van der Waals surface area contributed by atoms with Crippen molar-refractivity contribution >= 4 is 0 Å². The third kappa shape index (κ3) is 2.74. The molecule has 1 aliphatic heterocycles. The molecule has 0 bridgehead atoms. The molecule has 0 amide bonds. The molecule has 2 heteroatoms. The highest BCUT2D eigenvalue weighted by atomic mass is 16.3. The third-order valence-corrected chi connectivity index (χ3v) is 4.83. The molecule has 0 aromatic heterocycles. The van der Waals surface area contributed by atoms with E-state index in [0.717, 1.165) is 6.42 Å². The van der Waals surface area contributed by atoms with Gasteiger partial charge in [0.15, 0.2) is 0 Å². The first-order chi connectivity index (χ1) is 10.2. The fraction of sp³-hybridized carbons (Fsp3) is 0.368. The quantitative estimate of drug-likeness (QED) is 0.905. The first-order valence-corrected chi connectivity index (χ1v) is 7.68. The molecule has 3 rings (SSSR count). The van der Waals surface area contributed by atoms with Gasteiger partial charge >= 0.3 is 0 Å². The lowest BCUT2D eigenvalue weighted by molar-refractivity contribution is -0.0328. The maximum atomic E-state index is 10.5. The van der Waals surface area contributed by atoms with Gasteiger partial charge in [-0.15, -0.1) is 0 Å². The van der Waals surface area contributed by atoms with Gasteiger partial charge in [-0.05, 0) is 24.6 Å². The molecule has 1 aliphatic rings. The largest absolute Gasteiger partial charge is 0.393 e. The van der Waals surface area contributed by atoms with Crippen molar-refractivity contribution in [2.75, 3.05) is 7.05 Å². The van der Waals surface area contributed by atoms with Crippen molar-refractivity contribution in [3.8, 4) is 0 Å². The Morgan fingerprint density at radius 3 is 2.00 bits per heavy atom. The van der Waals surface area contributed by atoms with Crippen molar-refractivity contribution in [2.45, 2.75) is 31.5 Å². The Bertz CT molecular complexity index is 569. The predicted molar refractivity (Wildman–Crippen MR) is 85.9 cm³/mol. The Balaban J connectivity index is 1.96. The Morgan fingerprint density at radius 2 is 1.43 bits per heavy atom. The summed E-state index contributed by atoms with van der Waals surface area (Å²) in [7, 11) is 2.18.